The first kappa shape index (κ1) is 21.5. The third-order valence-corrected chi connectivity index (χ3v) is 7.69. The van der Waals surface area contributed by atoms with Crippen LogP contribution in [0.25, 0.3) is 5.69 Å². The highest BCUT2D eigenvalue weighted by molar-refractivity contribution is 7.89. The summed E-state index contributed by atoms with van der Waals surface area (Å²) in [6.45, 7) is 2.14. The molecule has 0 bridgehead atoms. The van der Waals surface area contributed by atoms with Crippen molar-refractivity contribution in [2.45, 2.75) is 11.3 Å². The maximum atomic E-state index is 13.2. The predicted octanol–water partition coefficient (Wildman–Crippen LogP) is 2.18. The summed E-state index contributed by atoms with van der Waals surface area (Å²) in [6.07, 6.45) is 5.97. The molecule has 0 spiro atoms. The molecule has 1 aromatic heterocycles. The lowest BCUT2D eigenvalue weighted by molar-refractivity contribution is 0.0698. The second-order valence-electron chi connectivity index (χ2n) is 7.87. The van der Waals surface area contributed by atoms with Crippen molar-refractivity contribution in [1.82, 2.24) is 18.8 Å². The lowest BCUT2D eigenvalue weighted by atomic mass is 10.1. The Morgan fingerprint density at radius 2 is 1.64 bits per heavy atom. The molecule has 172 valence electrons. The zero-order chi connectivity index (χ0) is 22.8. The smallest absolute Gasteiger partial charge is 0.253 e. The van der Waals surface area contributed by atoms with Gasteiger partial charge in [-0.1, -0.05) is 0 Å². The maximum Gasteiger partial charge on any atom is 0.253 e. The number of hydrogen-bond donors (Lipinski definition) is 0. The number of carbonyl (C=O) groups is 1. The number of benzene rings is 2. The summed E-state index contributed by atoms with van der Waals surface area (Å²) in [5.41, 5.74) is 1.48. The fourth-order valence-corrected chi connectivity index (χ4v) is 5.39. The third kappa shape index (κ3) is 4.31. The molecule has 1 saturated heterocycles. The highest BCUT2D eigenvalue weighted by atomic mass is 32.2. The third-order valence-electron chi connectivity index (χ3n) is 5.80. The van der Waals surface area contributed by atoms with Crippen LogP contribution in [0.1, 0.15) is 16.8 Å². The van der Waals surface area contributed by atoms with Gasteiger partial charge >= 0.3 is 0 Å². The van der Waals surface area contributed by atoms with E-state index in [1.165, 1.54) is 10.4 Å². The zero-order valence-corrected chi connectivity index (χ0v) is 18.8. The highest BCUT2D eigenvalue weighted by Crippen LogP contribution is 2.33. The molecule has 3 aromatic rings. The zero-order valence-electron chi connectivity index (χ0n) is 18.0. The van der Waals surface area contributed by atoms with E-state index < -0.39 is 10.0 Å². The molecule has 2 aliphatic heterocycles. The van der Waals surface area contributed by atoms with Crippen molar-refractivity contribution in [3.63, 3.8) is 0 Å². The minimum absolute atomic E-state index is 0.111. The normalized spacial score (nSPS) is 16.9. The van der Waals surface area contributed by atoms with E-state index in [9.17, 15) is 13.2 Å². The number of sulfonamides is 1. The molecule has 5 rings (SSSR count). The van der Waals surface area contributed by atoms with Gasteiger partial charge in [-0.25, -0.2) is 13.4 Å². The second kappa shape index (κ2) is 8.87. The first-order valence-electron chi connectivity index (χ1n) is 10.8. The monoisotopic (exact) mass is 468 g/mol. The van der Waals surface area contributed by atoms with Crippen LogP contribution in [0.5, 0.6) is 11.5 Å². The van der Waals surface area contributed by atoms with Crippen molar-refractivity contribution >= 4 is 15.9 Å². The SMILES string of the molecule is O=C(c1ccc(-n2ccnc2)cc1)N1CCN(S(=O)(=O)c2ccc3c(c2)OCCCO3)CC1. The van der Waals surface area contributed by atoms with Gasteiger partial charge in [0.2, 0.25) is 10.0 Å². The molecule has 10 heteroatoms. The number of carbonyl (C=O) groups excluding carboxylic acids is 1. The van der Waals surface area contributed by atoms with Gasteiger partial charge in [-0.15, -0.1) is 0 Å². The molecule has 33 heavy (non-hydrogen) atoms. The molecule has 0 N–H and O–H groups in total. The Hall–Kier alpha value is -3.37. The van der Waals surface area contributed by atoms with Crippen LogP contribution >= 0.6 is 0 Å². The van der Waals surface area contributed by atoms with Gasteiger partial charge in [0.05, 0.1) is 24.4 Å². The number of ether oxygens (including phenoxy) is 2. The number of nitrogens with zero attached hydrogens (tertiary/aromatic N) is 4. The lowest BCUT2D eigenvalue weighted by Gasteiger charge is -2.34. The van der Waals surface area contributed by atoms with Crippen molar-refractivity contribution in [3.05, 3.63) is 66.7 Å². The van der Waals surface area contributed by atoms with Gasteiger partial charge in [0.1, 0.15) is 0 Å². The van der Waals surface area contributed by atoms with Crippen LogP contribution in [0.4, 0.5) is 0 Å². The Morgan fingerprint density at radius 1 is 0.909 bits per heavy atom. The Bertz CT molecular complexity index is 1230. The number of imidazole rings is 1. The molecule has 0 radical (unpaired) electrons. The van der Waals surface area contributed by atoms with E-state index in [-0.39, 0.29) is 23.9 Å². The van der Waals surface area contributed by atoms with Crippen LogP contribution in [-0.2, 0) is 10.0 Å². The van der Waals surface area contributed by atoms with E-state index in [4.69, 9.17) is 9.47 Å². The first-order valence-corrected chi connectivity index (χ1v) is 12.2. The molecular formula is C23H24N4O5S. The van der Waals surface area contributed by atoms with Crippen molar-refractivity contribution in [2.24, 2.45) is 0 Å². The number of rotatable bonds is 4. The van der Waals surface area contributed by atoms with Gasteiger partial charge in [-0.05, 0) is 36.4 Å². The standard InChI is InChI=1S/C23H24N4O5S/c28-23(18-2-4-19(5-3-18)26-9-8-24-17-26)25-10-12-27(13-11-25)33(29,30)20-6-7-21-22(16-20)32-15-1-14-31-21/h2-9,16-17H,1,10-15H2. The fraction of sp³-hybridized carbons (Fsp3) is 0.304. The number of fused-ring (bicyclic) bond motifs is 1. The molecule has 0 saturated carbocycles. The van der Waals surface area contributed by atoms with Gasteiger partial charge in [-0.2, -0.15) is 4.31 Å². The van der Waals surface area contributed by atoms with Crippen molar-refractivity contribution < 1.29 is 22.7 Å². The summed E-state index contributed by atoms with van der Waals surface area (Å²) in [4.78, 5) is 18.8. The molecule has 1 amide bonds. The maximum absolute atomic E-state index is 13.2. The number of amides is 1. The van der Waals surface area contributed by atoms with Gasteiger partial charge in [-0.3, -0.25) is 4.79 Å². The quantitative estimate of drug-likeness (QED) is 0.583. The van der Waals surface area contributed by atoms with Gasteiger partial charge in [0.15, 0.2) is 11.5 Å². The van der Waals surface area contributed by atoms with E-state index in [2.05, 4.69) is 4.98 Å². The van der Waals surface area contributed by atoms with Crippen molar-refractivity contribution in [3.8, 4) is 17.2 Å². The van der Waals surface area contributed by atoms with Crippen LogP contribution < -0.4 is 9.47 Å². The summed E-state index contributed by atoms with van der Waals surface area (Å²) < 4.78 is 40.8. The summed E-state index contributed by atoms with van der Waals surface area (Å²) in [5, 5.41) is 0. The van der Waals surface area contributed by atoms with E-state index >= 15 is 0 Å². The average molecular weight is 469 g/mol. The lowest BCUT2D eigenvalue weighted by Crippen LogP contribution is -2.50. The second-order valence-corrected chi connectivity index (χ2v) is 9.81. The van der Waals surface area contributed by atoms with Gasteiger partial charge in [0, 0.05) is 62.3 Å². The molecule has 0 unspecified atom stereocenters. The van der Waals surface area contributed by atoms with E-state index in [0.717, 1.165) is 12.1 Å². The molecule has 9 nitrogen and oxygen atoms in total. The van der Waals surface area contributed by atoms with Crippen molar-refractivity contribution in [1.29, 1.82) is 0 Å². The average Bonchev–Trinajstić information content (AvgIpc) is 3.29. The fourth-order valence-electron chi connectivity index (χ4n) is 3.96. The van der Waals surface area contributed by atoms with Crippen LogP contribution in [0.2, 0.25) is 0 Å². The Balaban J connectivity index is 1.25. The number of piperazine rings is 1. The van der Waals surface area contributed by atoms with Crippen molar-refractivity contribution in [2.75, 3.05) is 39.4 Å². The Kier molecular flexibility index (Phi) is 5.77. The summed E-state index contributed by atoms with van der Waals surface area (Å²) in [5.74, 6) is 0.891. The van der Waals surface area contributed by atoms with Crippen LogP contribution in [0, 0.1) is 0 Å². The Labute approximate surface area is 192 Å². The first-order chi connectivity index (χ1) is 16.0. The molecule has 0 aliphatic carbocycles. The van der Waals surface area contributed by atoms with Crippen LogP contribution in [-0.4, -0.2) is 72.5 Å². The molecule has 3 heterocycles. The van der Waals surface area contributed by atoms with Gasteiger partial charge in [0.25, 0.3) is 5.91 Å². The number of hydrogen-bond acceptors (Lipinski definition) is 6. The van der Waals surface area contributed by atoms with E-state index in [1.807, 2.05) is 22.9 Å². The Morgan fingerprint density at radius 3 is 2.33 bits per heavy atom. The minimum atomic E-state index is -3.70. The summed E-state index contributed by atoms with van der Waals surface area (Å²) in [7, 11) is -3.70. The topological polar surface area (TPSA) is 94.0 Å². The van der Waals surface area contributed by atoms with E-state index in [1.54, 1.807) is 41.7 Å². The molecular weight excluding hydrogens is 444 g/mol. The summed E-state index contributed by atoms with van der Waals surface area (Å²) >= 11 is 0. The van der Waals surface area contributed by atoms with Crippen LogP contribution in [0.3, 0.4) is 0 Å². The predicted molar refractivity (Wildman–Crippen MR) is 120 cm³/mol. The highest BCUT2D eigenvalue weighted by Gasteiger charge is 2.31. The van der Waals surface area contributed by atoms with Gasteiger partial charge < -0.3 is 18.9 Å². The number of aromatic nitrogens is 2. The largest absolute Gasteiger partial charge is 0.490 e. The summed E-state index contributed by atoms with van der Waals surface area (Å²) in [6, 6.07) is 12.0. The minimum Gasteiger partial charge on any atom is -0.490 e. The van der Waals surface area contributed by atoms with Crippen LogP contribution in [0.15, 0.2) is 66.1 Å². The molecule has 2 aliphatic rings. The molecule has 2 aromatic carbocycles. The molecule has 1 fully saturated rings. The van der Waals surface area contributed by atoms with E-state index in [0.29, 0.717) is 43.4 Å². The molecule has 0 atom stereocenters.